The van der Waals surface area contributed by atoms with Crippen LogP contribution >= 0.6 is 15.9 Å². The topological polar surface area (TPSA) is 96.9 Å². The number of carbonyl (C=O) groups excluding carboxylic acids is 1. The molecule has 4 N–H and O–H groups in total. The summed E-state index contributed by atoms with van der Waals surface area (Å²) in [6, 6.07) is 13.6. The van der Waals surface area contributed by atoms with Crippen LogP contribution < -0.4 is 15.8 Å². The van der Waals surface area contributed by atoms with Gasteiger partial charge in [-0.3, -0.25) is 5.32 Å². The predicted molar refractivity (Wildman–Crippen MR) is 82.7 cm³/mol. The van der Waals surface area contributed by atoms with Crippen molar-refractivity contribution >= 4 is 33.5 Å². The Morgan fingerprint density at radius 2 is 1.95 bits per heavy atom. The highest BCUT2D eigenvalue weighted by Crippen LogP contribution is 2.22. The van der Waals surface area contributed by atoms with Gasteiger partial charge < -0.3 is 15.7 Å². The maximum absolute atomic E-state index is 11.9. The first-order valence-electron chi connectivity index (χ1n) is 5.91. The molecule has 0 heterocycles. The number of oxime groups is 1. The van der Waals surface area contributed by atoms with Crippen LogP contribution in [0.5, 0.6) is 5.75 Å². The molecule has 1 amide bonds. The fourth-order valence-corrected chi connectivity index (χ4v) is 1.99. The molecule has 21 heavy (non-hydrogen) atoms. The zero-order valence-electron chi connectivity index (χ0n) is 10.8. The summed E-state index contributed by atoms with van der Waals surface area (Å²) in [5.41, 5.74) is 6.31. The van der Waals surface area contributed by atoms with Crippen molar-refractivity contribution in [2.24, 2.45) is 10.9 Å². The lowest BCUT2D eigenvalue weighted by molar-refractivity contribution is 0.215. The highest BCUT2D eigenvalue weighted by Gasteiger charge is 2.12. The van der Waals surface area contributed by atoms with Gasteiger partial charge in [-0.1, -0.05) is 39.3 Å². The molecule has 108 valence electrons. The zero-order chi connectivity index (χ0) is 15.2. The van der Waals surface area contributed by atoms with Gasteiger partial charge in [0.1, 0.15) is 5.75 Å². The first-order chi connectivity index (χ1) is 10.1. The Bertz CT molecular complexity index is 674. The summed E-state index contributed by atoms with van der Waals surface area (Å²) in [6.07, 6.45) is -0.675. The van der Waals surface area contributed by atoms with E-state index < -0.39 is 6.09 Å². The van der Waals surface area contributed by atoms with Crippen LogP contribution in [0.1, 0.15) is 5.56 Å². The van der Waals surface area contributed by atoms with Gasteiger partial charge in [-0.25, -0.2) is 4.79 Å². The number of amidine groups is 1. The number of amides is 1. The van der Waals surface area contributed by atoms with Gasteiger partial charge in [0.25, 0.3) is 0 Å². The molecule has 0 saturated heterocycles. The van der Waals surface area contributed by atoms with Gasteiger partial charge in [0.2, 0.25) is 0 Å². The molecule has 0 atom stereocenters. The Hall–Kier alpha value is -2.54. The number of para-hydroxylation sites is 1. The van der Waals surface area contributed by atoms with Crippen molar-refractivity contribution in [3.05, 3.63) is 58.6 Å². The minimum absolute atomic E-state index is 0.113. The van der Waals surface area contributed by atoms with Crippen LogP contribution in [0, 0.1) is 0 Å². The molecule has 7 heteroatoms. The van der Waals surface area contributed by atoms with Crippen LogP contribution in [0.3, 0.4) is 0 Å². The van der Waals surface area contributed by atoms with Crippen molar-refractivity contribution in [2.75, 3.05) is 5.32 Å². The Morgan fingerprint density at radius 3 is 2.62 bits per heavy atom. The normalized spacial score (nSPS) is 11.0. The molecule has 2 aromatic carbocycles. The van der Waals surface area contributed by atoms with Gasteiger partial charge in [0.15, 0.2) is 5.84 Å². The molecule has 0 radical (unpaired) electrons. The fourth-order valence-electron chi connectivity index (χ4n) is 1.63. The standard InChI is InChI=1S/C14H12BrN3O3/c15-9-6-7-11(13(16)18-20)12(8-9)17-14(19)21-10-4-2-1-3-5-10/h1-8,20H,(H2,16,18)(H,17,19). The van der Waals surface area contributed by atoms with Crippen LogP contribution in [0.15, 0.2) is 58.2 Å². The van der Waals surface area contributed by atoms with Gasteiger partial charge in [-0.2, -0.15) is 0 Å². The number of carbonyl (C=O) groups is 1. The van der Waals surface area contributed by atoms with E-state index in [1.54, 1.807) is 42.5 Å². The Kier molecular flexibility index (Phi) is 4.78. The highest BCUT2D eigenvalue weighted by atomic mass is 79.9. The molecule has 2 aromatic rings. The molecular weight excluding hydrogens is 338 g/mol. The Balaban J connectivity index is 2.19. The van der Waals surface area contributed by atoms with E-state index in [9.17, 15) is 4.79 Å². The third-order valence-corrected chi connectivity index (χ3v) is 3.05. The third kappa shape index (κ3) is 3.96. The number of benzene rings is 2. The molecule has 0 spiro atoms. The maximum Gasteiger partial charge on any atom is 0.417 e. The quantitative estimate of drug-likeness (QED) is 0.343. The maximum atomic E-state index is 11.9. The van der Waals surface area contributed by atoms with Crippen molar-refractivity contribution < 1.29 is 14.7 Å². The third-order valence-electron chi connectivity index (χ3n) is 2.56. The highest BCUT2D eigenvalue weighted by molar-refractivity contribution is 9.10. The van der Waals surface area contributed by atoms with E-state index in [0.717, 1.165) is 4.47 Å². The molecule has 2 rings (SSSR count). The molecule has 0 aliphatic heterocycles. The largest absolute Gasteiger partial charge is 0.417 e. The van der Waals surface area contributed by atoms with E-state index in [1.165, 1.54) is 0 Å². The number of anilines is 1. The lowest BCUT2D eigenvalue weighted by Gasteiger charge is -2.11. The molecular formula is C14H12BrN3O3. The van der Waals surface area contributed by atoms with Crippen molar-refractivity contribution in [3.8, 4) is 5.75 Å². The van der Waals surface area contributed by atoms with Crippen molar-refractivity contribution in [1.29, 1.82) is 0 Å². The number of nitrogens with zero attached hydrogens (tertiary/aromatic N) is 1. The Labute approximate surface area is 129 Å². The van der Waals surface area contributed by atoms with Crippen LogP contribution in [-0.4, -0.2) is 17.1 Å². The minimum Gasteiger partial charge on any atom is -0.410 e. The van der Waals surface area contributed by atoms with Gasteiger partial charge in [0, 0.05) is 10.0 Å². The number of nitrogens with one attached hydrogen (secondary N) is 1. The number of ether oxygens (including phenoxy) is 1. The summed E-state index contributed by atoms with van der Waals surface area (Å²) in [7, 11) is 0. The zero-order valence-corrected chi connectivity index (χ0v) is 12.4. The first-order valence-corrected chi connectivity index (χ1v) is 6.71. The van der Waals surface area contributed by atoms with E-state index >= 15 is 0 Å². The summed E-state index contributed by atoms with van der Waals surface area (Å²) in [5.74, 6) is 0.299. The van der Waals surface area contributed by atoms with Crippen molar-refractivity contribution in [3.63, 3.8) is 0 Å². The second-order valence-electron chi connectivity index (χ2n) is 4.00. The average molecular weight is 350 g/mol. The lowest BCUT2D eigenvalue weighted by atomic mass is 10.1. The second-order valence-corrected chi connectivity index (χ2v) is 4.92. The summed E-state index contributed by atoms with van der Waals surface area (Å²) < 4.78 is 5.85. The second kappa shape index (κ2) is 6.76. The predicted octanol–water partition coefficient (Wildman–Crippen LogP) is 3.15. The SMILES string of the molecule is N/C(=N/O)c1ccc(Br)cc1NC(=O)Oc1ccccc1. The Morgan fingerprint density at radius 1 is 1.24 bits per heavy atom. The molecule has 0 fully saturated rings. The number of hydrogen-bond donors (Lipinski definition) is 3. The van der Waals surface area contributed by atoms with E-state index in [0.29, 0.717) is 17.0 Å². The number of nitrogens with two attached hydrogens (primary N) is 1. The summed E-state index contributed by atoms with van der Waals surface area (Å²) in [4.78, 5) is 11.9. The molecule has 0 aliphatic rings. The summed E-state index contributed by atoms with van der Waals surface area (Å²) >= 11 is 3.29. The minimum atomic E-state index is -0.675. The lowest BCUT2D eigenvalue weighted by Crippen LogP contribution is -2.21. The van der Waals surface area contributed by atoms with Crippen molar-refractivity contribution in [2.45, 2.75) is 0 Å². The van der Waals surface area contributed by atoms with Crippen LogP contribution in [0.2, 0.25) is 0 Å². The molecule has 0 saturated carbocycles. The van der Waals surface area contributed by atoms with Crippen LogP contribution in [-0.2, 0) is 0 Å². The molecule has 0 bridgehead atoms. The smallest absolute Gasteiger partial charge is 0.410 e. The van der Waals surface area contributed by atoms with E-state index in [1.807, 2.05) is 6.07 Å². The molecule has 0 aromatic heterocycles. The average Bonchev–Trinajstić information content (AvgIpc) is 2.47. The van der Waals surface area contributed by atoms with Crippen molar-refractivity contribution in [1.82, 2.24) is 0 Å². The monoisotopic (exact) mass is 349 g/mol. The van der Waals surface area contributed by atoms with E-state index in [2.05, 4.69) is 26.4 Å². The van der Waals surface area contributed by atoms with Gasteiger partial charge in [-0.05, 0) is 30.3 Å². The molecule has 0 unspecified atom stereocenters. The fraction of sp³-hybridized carbons (Fsp3) is 0. The molecule has 0 aliphatic carbocycles. The van der Waals surface area contributed by atoms with Crippen LogP contribution in [0.25, 0.3) is 0 Å². The summed E-state index contributed by atoms with van der Waals surface area (Å²) in [5, 5.41) is 14.2. The van der Waals surface area contributed by atoms with E-state index in [-0.39, 0.29) is 5.84 Å². The summed E-state index contributed by atoms with van der Waals surface area (Å²) in [6.45, 7) is 0. The van der Waals surface area contributed by atoms with E-state index in [4.69, 9.17) is 15.7 Å². The van der Waals surface area contributed by atoms with Gasteiger partial charge >= 0.3 is 6.09 Å². The number of rotatable bonds is 3. The van der Waals surface area contributed by atoms with Gasteiger partial charge in [-0.15, -0.1) is 0 Å². The van der Waals surface area contributed by atoms with Gasteiger partial charge in [0.05, 0.1) is 5.69 Å². The molecule has 6 nitrogen and oxygen atoms in total. The van der Waals surface area contributed by atoms with Crippen LogP contribution in [0.4, 0.5) is 10.5 Å². The first kappa shape index (κ1) is 14.9. The number of hydrogen-bond acceptors (Lipinski definition) is 4. The number of halogens is 1.